The molecule has 19 heteroatoms. The van der Waals surface area contributed by atoms with Crippen molar-refractivity contribution >= 4 is 39.5 Å². The number of rotatable bonds is 78. The van der Waals surface area contributed by atoms with Crippen LogP contribution in [-0.4, -0.2) is 96.7 Å². The molecule has 0 rings (SSSR count). The van der Waals surface area contributed by atoms with Gasteiger partial charge in [-0.3, -0.25) is 37.3 Å². The summed E-state index contributed by atoms with van der Waals surface area (Å²) in [6.07, 6.45) is 66.0. The van der Waals surface area contributed by atoms with Crippen molar-refractivity contribution in [3.8, 4) is 0 Å². The van der Waals surface area contributed by atoms with Crippen molar-refractivity contribution in [3.05, 3.63) is 24.3 Å². The minimum absolute atomic E-state index is 0.102. The van der Waals surface area contributed by atoms with Gasteiger partial charge in [0.15, 0.2) is 12.2 Å². The van der Waals surface area contributed by atoms with Crippen molar-refractivity contribution in [2.24, 2.45) is 5.92 Å². The summed E-state index contributed by atoms with van der Waals surface area (Å²) in [5, 5.41) is 10.6. The molecule has 584 valence electrons. The van der Waals surface area contributed by atoms with E-state index in [0.717, 1.165) is 115 Å². The lowest BCUT2D eigenvalue weighted by Crippen LogP contribution is -2.30. The lowest BCUT2D eigenvalue weighted by atomic mass is 9.99. The van der Waals surface area contributed by atoms with E-state index in [-0.39, 0.29) is 25.7 Å². The predicted octanol–water partition coefficient (Wildman–Crippen LogP) is 23.6. The van der Waals surface area contributed by atoms with Crippen LogP contribution in [0.15, 0.2) is 24.3 Å². The molecule has 0 amide bonds. The molecule has 3 unspecified atom stereocenters. The minimum Gasteiger partial charge on any atom is -0.462 e. The Morgan fingerprint density at radius 1 is 0.323 bits per heavy atom. The summed E-state index contributed by atoms with van der Waals surface area (Å²) >= 11 is 0. The second-order valence-electron chi connectivity index (χ2n) is 28.4. The molecule has 0 aliphatic heterocycles. The first-order valence-electron chi connectivity index (χ1n) is 41.0. The zero-order chi connectivity index (χ0) is 72.7. The number of aliphatic hydroxyl groups excluding tert-OH is 1. The number of allylic oxidation sites excluding steroid dienone is 4. The van der Waals surface area contributed by atoms with Gasteiger partial charge in [0.2, 0.25) is 0 Å². The highest BCUT2D eigenvalue weighted by molar-refractivity contribution is 7.47. The Labute approximate surface area is 605 Å². The molecule has 0 fully saturated rings. The first-order chi connectivity index (χ1) is 48.1. The SMILES string of the molecule is CCCCCC/C=C\C=C/CCCCCCCC(=O)OC[C@H](COP(=O)(O)OC[C@@H](O)COP(=O)(O)OC[C@@H](COC(=O)CCCCCCCCCCC)OC(=O)CCCCCCCCCCCCCCC)OC(=O)CCCCCCCCCCCCCCCCCCCCC(C)CC. The molecule has 0 heterocycles. The van der Waals surface area contributed by atoms with Crippen molar-refractivity contribution in [1.82, 2.24) is 0 Å². The number of phosphoric ester groups is 2. The molecule has 0 aromatic rings. The van der Waals surface area contributed by atoms with E-state index in [1.807, 2.05) is 0 Å². The molecule has 0 aliphatic rings. The third-order valence-corrected chi connectivity index (χ3v) is 20.4. The van der Waals surface area contributed by atoms with Crippen molar-refractivity contribution in [1.29, 1.82) is 0 Å². The van der Waals surface area contributed by atoms with Gasteiger partial charge >= 0.3 is 39.5 Å². The van der Waals surface area contributed by atoms with E-state index in [0.29, 0.717) is 25.7 Å². The summed E-state index contributed by atoms with van der Waals surface area (Å²) in [6.45, 7) is 7.30. The summed E-state index contributed by atoms with van der Waals surface area (Å²) in [5.41, 5.74) is 0. The molecule has 0 spiro atoms. The van der Waals surface area contributed by atoms with Crippen LogP contribution in [-0.2, 0) is 65.4 Å². The van der Waals surface area contributed by atoms with E-state index in [9.17, 15) is 43.2 Å². The molecule has 99 heavy (non-hydrogen) atoms. The van der Waals surface area contributed by atoms with E-state index in [1.54, 1.807) is 0 Å². The number of carbonyl (C=O) groups is 4. The fraction of sp³-hybridized carbons (Fsp3) is 0.900. The zero-order valence-corrected chi connectivity index (χ0v) is 65.9. The van der Waals surface area contributed by atoms with Crippen LogP contribution in [0.5, 0.6) is 0 Å². The van der Waals surface area contributed by atoms with Gasteiger partial charge in [-0.25, -0.2) is 9.13 Å². The number of ether oxygens (including phenoxy) is 4. The summed E-state index contributed by atoms with van der Waals surface area (Å²) in [5.74, 6) is -1.27. The molecule has 0 saturated heterocycles. The van der Waals surface area contributed by atoms with Crippen LogP contribution in [0.3, 0.4) is 0 Å². The van der Waals surface area contributed by atoms with E-state index in [2.05, 4.69) is 58.9 Å². The fourth-order valence-corrected chi connectivity index (χ4v) is 13.4. The molecule has 0 aliphatic carbocycles. The Morgan fingerprint density at radius 2 is 0.566 bits per heavy atom. The van der Waals surface area contributed by atoms with Crippen molar-refractivity contribution in [3.63, 3.8) is 0 Å². The van der Waals surface area contributed by atoms with Gasteiger partial charge in [-0.2, -0.15) is 0 Å². The third-order valence-electron chi connectivity index (χ3n) is 18.5. The Morgan fingerprint density at radius 3 is 0.859 bits per heavy atom. The molecular weight excluding hydrogens is 1290 g/mol. The van der Waals surface area contributed by atoms with Crippen LogP contribution in [0, 0.1) is 5.92 Å². The maximum atomic E-state index is 13.1. The molecule has 0 saturated carbocycles. The van der Waals surface area contributed by atoms with E-state index < -0.39 is 97.5 Å². The van der Waals surface area contributed by atoms with Crippen molar-refractivity contribution in [2.45, 2.75) is 419 Å². The monoisotopic (exact) mass is 1450 g/mol. The molecule has 3 N–H and O–H groups in total. The molecular formula is C80H152O17P2. The van der Waals surface area contributed by atoms with Crippen LogP contribution < -0.4 is 0 Å². The Balaban J connectivity index is 5.22. The summed E-state index contributed by atoms with van der Waals surface area (Å²) in [4.78, 5) is 72.9. The predicted molar refractivity (Wildman–Crippen MR) is 404 cm³/mol. The highest BCUT2D eigenvalue weighted by Crippen LogP contribution is 2.45. The number of carbonyl (C=O) groups excluding carboxylic acids is 4. The van der Waals surface area contributed by atoms with Gasteiger partial charge in [-0.15, -0.1) is 0 Å². The number of hydrogen-bond acceptors (Lipinski definition) is 15. The van der Waals surface area contributed by atoms with Gasteiger partial charge < -0.3 is 33.8 Å². The molecule has 0 aromatic heterocycles. The van der Waals surface area contributed by atoms with Crippen LogP contribution >= 0.6 is 15.6 Å². The zero-order valence-electron chi connectivity index (χ0n) is 64.1. The number of phosphoric acid groups is 2. The molecule has 6 atom stereocenters. The quantitative estimate of drug-likeness (QED) is 0.0169. The van der Waals surface area contributed by atoms with Crippen LogP contribution in [0.1, 0.15) is 401 Å². The lowest BCUT2D eigenvalue weighted by molar-refractivity contribution is -0.161. The van der Waals surface area contributed by atoms with Gasteiger partial charge in [0.25, 0.3) is 0 Å². The van der Waals surface area contributed by atoms with Crippen LogP contribution in [0.4, 0.5) is 0 Å². The summed E-state index contributed by atoms with van der Waals surface area (Å²) < 4.78 is 68.6. The van der Waals surface area contributed by atoms with Crippen molar-refractivity contribution in [2.75, 3.05) is 39.6 Å². The molecule has 0 aromatic carbocycles. The Bertz CT molecular complexity index is 1990. The summed E-state index contributed by atoms with van der Waals surface area (Å²) in [6, 6.07) is 0. The highest BCUT2D eigenvalue weighted by Gasteiger charge is 2.30. The first kappa shape index (κ1) is 96.5. The molecule has 17 nitrogen and oxygen atoms in total. The van der Waals surface area contributed by atoms with E-state index in [4.69, 9.17) is 37.0 Å². The normalized spacial score (nSPS) is 14.3. The maximum Gasteiger partial charge on any atom is 0.472 e. The topological polar surface area (TPSA) is 237 Å². The standard InChI is InChI=1S/C80H152O17P2/c1-6-10-13-16-19-22-24-26-31-36-39-44-49-54-59-64-78(83)91-70-76(97-80(85)66-61-56-51-46-41-37-33-30-28-27-29-32-35-38-43-47-52-57-62-73(5)9-4)72-95-99(88,89)93-68-74(81)67-92-98(86,87)94-71-75(69-90-77(82)63-58-53-48-42-21-18-15-12-8-3)96-79(84)65-60-55-50-45-40-34-25-23-20-17-14-11-7-2/h22,24,26,31,73-76,81H,6-21,23,25,27-30,32-72H2,1-5H3,(H,86,87)(H,88,89)/b24-22-,31-26-/t73?,74-,75+,76+/m0/s1. The van der Waals surface area contributed by atoms with E-state index in [1.165, 1.54) is 205 Å². The van der Waals surface area contributed by atoms with E-state index >= 15 is 0 Å². The molecule has 0 bridgehead atoms. The Kier molecular flexibility index (Phi) is 70.7. The number of esters is 4. The number of aliphatic hydroxyl groups is 1. The lowest BCUT2D eigenvalue weighted by Gasteiger charge is -2.21. The van der Waals surface area contributed by atoms with Gasteiger partial charge in [-0.05, 0) is 57.3 Å². The van der Waals surface area contributed by atoms with Crippen LogP contribution in [0.25, 0.3) is 0 Å². The second kappa shape index (κ2) is 72.5. The highest BCUT2D eigenvalue weighted by atomic mass is 31.2. The summed E-state index contributed by atoms with van der Waals surface area (Å²) in [7, 11) is -9.92. The van der Waals surface area contributed by atoms with Crippen LogP contribution in [0.2, 0.25) is 0 Å². The second-order valence-corrected chi connectivity index (χ2v) is 31.3. The van der Waals surface area contributed by atoms with Gasteiger partial charge in [-0.1, -0.05) is 348 Å². The number of hydrogen-bond donors (Lipinski definition) is 3. The smallest absolute Gasteiger partial charge is 0.462 e. The number of unbranched alkanes of at least 4 members (excludes halogenated alkanes) is 46. The first-order valence-corrected chi connectivity index (χ1v) is 44.0. The average molecular weight is 1450 g/mol. The maximum absolute atomic E-state index is 13.1. The fourth-order valence-electron chi connectivity index (χ4n) is 11.8. The van der Waals surface area contributed by atoms with Crippen molar-refractivity contribution < 1.29 is 80.2 Å². The average Bonchev–Trinajstić information content (AvgIpc) is 1.37. The largest absolute Gasteiger partial charge is 0.472 e. The minimum atomic E-state index is -4.97. The third kappa shape index (κ3) is 72.3. The van der Waals surface area contributed by atoms with Gasteiger partial charge in [0.05, 0.1) is 26.4 Å². The molecule has 0 radical (unpaired) electrons. The Hall–Kier alpha value is -2.46. The van der Waals surface area contributed by atoms with Gasteiger partial charge in [0.1, 0.15) is 19.3 Å². The van der Waals surface area contributed by atoms with Gasteiger partial charge in [0, 0.05) is 25.7 Å².